The van der Waals surface area contributed by atoms with Crippen LogP contribution in [0.4, 0.5) is 0 Å². The number of aromatic nitrogens is 1. The van der Waals surface area contributed by atoms with Crippen molar-refractivity contribution in [1.29, 1.82) is 0 Å². The number of aliphatic hydroxyl groups excluding tert-OH is 1. The van der Waals surface area contributed by atoms with Crippen LogP contribution in [0.1, 0.15) is 36.3 Å². The highest BCUT2D eigenvalue weighted by molar-refractivity contribution is 7.15. The monoisotopic (exact) mass is 395 g/mol. The fourth-order valence-electron chi connectivity index (χ4n) is 3.66. The van der Waals surface area contributed by atoms with E-state index >= 15 is 0 Å². The second kappa shape index (κ2) is 7.66. The summed E-state index contributed by atoms with van der Waals surface area (Å²) in [6, 6.07) is 16.3. The van der Waals surface area contributed by atoms with Crippen LogP contribution in [-0.2, 0) is 5.60 Å². The highest BCUT2D eigenvalue weighted by Gasteiger charge is 2.38. The van der Waals surface area contributed by atoms with Crippen molar-refractivity contribution in [3.8, 4) is 27.4 Å². The summed E-state index contributed by atoms with van der Waals surface area (Å²) in [5.74, 6) is 0.802. The molecule has 0 aliphatic heterocycles. The summed E-state index contributed by atoms with van der Waals surface area (Å²) in [5.41, 5.74) is 3.22. The Hall–Kier alpha value is -2.21. The Balaban J connectivity index is 1.80. The lowest BCUT2D eigenvalue weighted by atomic mass is 9.84. The largest absolute Gasteiger partial charge is 0.497 e. The minimum Gasteiger partial charge on any atom is -0.497 e. The number of methoxy groups -OCH3 is 1. The van der Waals surface area contributed by atoms with Gasteiger partial charge in [-0.05, 0) is 62.4 Å². The van der Waals surface area contributed by atoms with E-state index in [-0.39, 0.29) is 6.10 Å². The van der Waals surface area contributed by atoms with Crippen LogP contribution in [0.3, 0.4) is 0 Å². The van der Waals surface area contributed by atoms with Gasteiger partial charge in [-0.25, -0.2) is 4.98 Å². The number of ether oxygens (including phenoxy) is 1. The first kappa shape index (κ1) is 19.1. The molecule has 0 unspecified atom stereocenters. The molecule has 2 aromatic carbocycles. The van der Waals surface area contributed by atoms with Gasteiger partial charge in [0.15, 0.2) is 0 Å². The predicted molar refractivity (Wildman–Crippen MR) is 113 cm³/mol. The van der Waals surface area contributed by atoms with Crippen molar-refractivity contribution in [2.24, 2.45) is 0 Å². The molecule has 1 aliphatic rings. The van der Waals surface area contributed by atoms with E-state index < -0.39 is 5.60 Å². The molecule has 28 heavy (non-hydrogen) atoms. The lowest BCUT2D eigenvalue weighted by molar-refractivity contribution is -0.0361. The standard InChI is InChI=1S/C23H25NO3S/c1-15-3-5-17(6-4-15)21-20(16-7-9-19(27-2)10-8-16)24-22(28-21)23(26)13-11-18(25)12-14-23/h3-10,18,25-26H,11-14H2,1-2H3/t18-,23-. The SMILES string of the molecule is COc1ccc(-c2nc([C@]3(O)CC[C@H](O)CC3)sc2-c2ccc(C)cc2)cc1. The van der Waals surface area contributed by atoms with E-state index in [2.05, 4.69) is 31.2 Å². The number of hydrogen-bond donors (Lipinski definition) is 2. The second-order valence-corrected chi connectivity index (χ2v) is 8.55. The van der Waals surface area contributed by atoms with Crippen LogP contribution in [-0.4, -0.2) is 28.4 Å². The van der Waals surface area contributed by atoms with Gasteiger partial charge in [0, 0.05) is 5.56 Å². The van der Waals surface area contributed by atoms with Gasteiger partial charge in [-0.1, -0.05) is 29.8 Å². The van der Waals surface area contributed by atoms with Crippen molar-refractivity contribution in [3.05, 3.63) is 59.1 Å². The Kier molecular flexibility index (Phi) is 5.23. The van der Waals surface area contributed by atoms with Gasteiger partial charge in [-0.3, -0.25) is 0 Å². The maximum atomic E-state index is 11.2. The van der Waals surface area contributed by atoms with Gasteiger partial charge in [0.05, 0.1) is 23.8 Å². The zero-order valence-corrected chi connectivity index (χ0v) is 17.0. The lowest BCUT2D eigenvalue weighted by Gasteiger charge is -2.32. The van der Waals surface area contributed by atoms with E-state index in [4.69, 9.17) is 9.72 Å². The summed E-state index contributed by atoms with van der Waals surface area (Å²) >= 11 is 1.56. The topological polar surface area (TPSA) is 62.6 Å². The number of hydrogen-bond acceptors (Lipinski definition) is 5. The average Bonchev–Trinajstić information content (AvgIpc) is 3.17. The average molecular weight is 396 g/mol. The maximum Gasteiger partial charge on any atom is 0.126 e. The molecular formula is C23H25NO3S. The third kappa shape index (κ3) is 3.70. The molecule has 0 bridgehead atoms. The predicted octanol–water partition coefficient (Wildman–Crippen LogP) is 4.92. The zero-order chi connectivity index (χ0) is 19.7. The molecule has 146 valence electrons. The Bertz CT molecular complexity index is 939. The molecule has 3 aromatic rings. The van der Waals surface area contributed by atoms with Crippen LogP contribution in [0.25, 0.3) is 21.7 Å². The van der Waals surface area contributed by atoms with E-state index in [9.17, 15) is 10.2 Å². The van der Waals surface area contributed by atoms with E-state index in [1.807, 2.05) is 24.3 Å². The van der Waals surface area contributed by atoms with Crippen molar-refractivity contribution in [1.82, 2.24) is 4.98 Å². The molecule has 0 amide bonds. The van der Waals surface area contributed by atoms with Gasteiger partial charge in [-0.15, -0.1) is 11.3 Å². The van der Waals surface area contributed by atoms with Crippen LogP contribution >= 0.6 is 11.3 Å². The number of rotatable bonds is 4. The van der Waals surface area contributed by atoms with Crippen molar-refractivity contribution >= 4 is 11.3 Å². The van der Waals surface area contributed by atoms with E-state index in [0.717, 1.165) is 32.5 Å². The molecular weight excluding hydrogens is 370 g/mol. The zero-order valence-electron chi connectivity index (χ0n) is 16.2. The van der Waals surface area contributed by atoms with Crippen molar-refractivity contribution in [3.63, 3.8) is 0 Å². The first-order valence-electron chi connectivity index (χ1n) is 9.62. The molecule has 1 fully saturated rings. The van der Waals surface area contributed by atoms with Crippen molar-refractivity contribution in [2.75, 3.05) is 7.11 Å². The molecule has 5 heteroatoms. The fourth-order valence-corrected chi connectivity index (χ4v) is 4.90. The molecule has 0 saturated heterocycles. The van der Waals surface area contributed by atoms with Crippen molar-refractivity contribution in [2.45, 2.75) is 44.3 Å². The minimum absolute atomic E-state index is 0.321. The molecule has 2 N–H and O–H groups in total. The second-order valence-electron chi connectivity index (χ2n) is 7.55. The maximum absolute atomic E-state index is 11.2. The normalized spacial score (nSPS) is 22.2. The summed E-state index contributed by atoms with van der Waals surface area (Å²) in [5, 5.41) is 21.8. The number of aliphatic hydroxyl groups is 2. The molecule has 1 saturated carbocycles. The molecule has 4 rings (SSSR count). The Morgan fingerprint density at radius 1 is 1.00 bits per heavy atom. The van der Waals surface area contributed by atoms with E-state index in [1.165, 1.54) is 5.56 Å². The smallest absolute Gasteiger partial charge is 0.126 e. The minimum atomic E-state index is -0.964. The lowest BCUT2D eigenvalue weighted by Crippen LogP contribution is -2.33. The quantitative estimate of drug-likeness (QED) is 0.658. The Morgan fingerprint density at radius 3 is 2.21 bits per heavy atom. The van der Waals surface area contributed by atoms with Gasteiger partial charge in [0.2, 0.25) is 0 Å². The number of nitrogens with zero attached hydrogens (tertiary/aromatic N) is 1. The molecule has 0 atom stereocenters. The molecule has 0 radical (unpaired) electrons. The summed E-state index contributed by atoms with van der Waals surface area (Å²) in [4.78, 5) is 5.96. The molecule has 4 nitrogen and oxygen atoms in total. The van der Waals surface area contributed by atoms with Gasteiger partial charge < -0.3 is 14.9 Å². The summed E-state index contributed by atoms with van der Waals surface area (Å²) in [6.07, 6.45) is 1.97. The van der Waals surface area contributed by atoms with Crippen LogP contribution in [0.2, 0.25) is 0 Å². The fraction of sp³-hybridized carbons (Fsp3) is 0.348. The van der Waals surface area contributed by atoms with Gasteiger partial charge in [0.1, 0.15) is 16.4 Å². The van der Waals surface area contributed by atoms with Crippen LogP contribution in [0, 0.1) is 6.92 Å². The number of benzene rings is 2. The highest BCUT2D eigenvalue weighted by Crippen LogP contribution is 2.45. The molecule has 0 spiro atoms. The first-order chi connectivity index (χ1) is 13.5. The summed E-state index contributed by atoms with van der Waals surface area (Å²) < 4.78 is 5.28. The summed E-state index contributed by atoms with van der Waals surface area (Å²) in [6.45, 7) is 2.07. The molecule has 1 aliphatic carbocycles. The Labute approximate surface area is 169 Å². The number of aryl methyl sites for hydroxylation is 1. The molecule has 1 heterocycles. The molecule has 1 aromatic heterocycles. The Morgan fingerprint density at radius 2 is 1.61 bits per heavy atom. The number of thiazole rings is 1. The summed E-state index contributed by atoms with van der Waals surface area (Å²) in [7, 11) is 1.65. The van der Waals surface area contributed by atoms with E-state index in [1.54, 1.807) is 18.4 Å². The first-order valence-corrected chi connectivity index (χ1v) is 10.4. The van der Waals surface area contributed by atoms with Crippen LogP contribution in [0.15, 0.2) is 48.5 Å². The van der Waals surface area contributed by atoms with Crippen LogP contribution < -0.4 is 4.74 Å². The third-order valence-corrected chi connectivity index (χ3v) is 6.78. The van der Waals surface area contributed by atoms with Gasteiger partial charge in [-0.2, -0.15) is 0 Å². The van der Waals surface area contributed by atoms with Crippen molar-refractivity contribution < 1.29 is 14.9 Å². The highest BCUT2D eigenvalue weighted by atomic mass is 32.1. The van der Waals surface area contributed by atoms with E-state index in [0.29, 0.717) is 25.7 Å². The van der Waals surface area contributed by atoms with Gasteiger partial charge >= 0.3 is 0 Å². The third-order valence-electron chi connectivity index (χ3n) is 5.48. The van der Waals surface area contributed by atoms with Gasteiger partial charge in [0.25, 0.3) is 0 Å². The van der Waals surface area contributed by atoms with Crippen LogP contribution in [0.5, 0.6) is 5.75 Å².